The minimum atomic E-state index is -0.00521. The van der Waals surface area contributed by atoms with E-state index in [4.69, 9.17) is 0 Å². The maximum absolute atomic E-state index is 11.5. The molecule has 2 rings (SSSR count). The summed E-state index contributed by atoms with van der Waals surface area (Å²) in [6.07, 6.45) is 1.04. The van der Waals surface area contributed by atoms with Crippen molar-refractivity contribution in [1.82, 2.24) is 10.2 Å². The van der Waals surface area contributed by atoms with Gasteiger partial charge in [-0.25, -0.2) is 0 Å². The third-order valence-corrected chi connectivity index (χ3v) is 2.82. The number of rotatable bonds is 0. The van der Waals surface area contributed by atoms with Crippen LogP contribution in [0.1, 0.15) is 6.42 Å². The molecular weight excluding hydrogens is 140 g/mol. The van der Waals surface area contributed by atoms with E-state index in [0.29, 0.717) is 12.3 Å². The lowest BCUT2D eigenvalue weighted by Crippen LogP contribution is -2.32. The maximum Gasteiger partial charge on any atom is 0.155 e. The highest BCUT2D eigenvalue weighted by Gasteiger charge is 2.46. The SMILES string of the molecule is CN1CC(=O)C2(CCNC2)C1. The molecular formula is C8H14N2O. The van der Waals surface area contributed by atoms with E-state index < -0.39 is 0 Å². The fourth-order valence-corrected chi connectivity index (χ4v) is 2.19. The highest BCUT2D eigenvalue weighted by Crippen LogP contribution is 2.32. The number of carbonyl (C=O) groups is 1. The number of ketones is 1. The Morgan fingerprint density at radius 1 is 1.64 bits per heavy atom. The number of likely N-dealkylation sites (tertiary alicyclic amines) is 1. The van der Waals surface area contributed by atoms with Crippen LogP contribution in [-0.4, -0.2) is 43.9 Å². The summed E-state index contributed by atoms with van der Waals surface area (Å²) in [6.45, 7) is 3.52. The predicted molar refractivity (Wildman–Crippen MR) is 42.4 cm³/mol. The summed E-state index contributed by atoms with van der Waals surface area (Å²) in [5, 5.41) is 3.26. The molecule has 1 N–H and O–H groups in total. The van der Waals surface area contributed by atoms with E-state index in [1.807, 2.05) is 7.05 Å². The molecule has 2 fully saturated rings. The highest BCUT2D eigenvalue weighted by atomic mass is 16.1. The van der Waals surface area contributed by atoms with Gasteiger partial charge in [-0.2, -0.15) is 0 Å². The molecule has 3 nitrogen and oxygen atoms in total. The van der Waals surface area contributed by atoms with Crippen molar-refractivity contribution in [1.29, 1.82) is 0 Å². The third kappa shape index (κ3) is 0.993. The van der Waals surface area contributed by atoms with Gasteiger partial charge >= 0.3 is 0 Å². The van der Waals surface area contributed by atoms with Crippen molar-refractivity contribution in [3.63, 3.8) is 0 Å². The van der Waals surface area contributed by atoms with Crippen molar-refractivity contribution < 1.29 is 4.79 Å². The second kappa shape index (κ2) is 2.29. The zero-order chi connectivity index (χ0) is 7.90. The van der Waals surface area contributed by atoms with E-state index in [1.165, 1.54) is 0 Å². The monoisotopic (exact) mass is 154 g/mol. The molecule has 0 amide bonds. The first-order chi connectivity index (χ1) is 5.23. The molecule has 0 aliphatic carbocycles. The second-order valence-electron chi connectivity index (χ2n) is 3.80. The van der Waals surface area contributed by atoms with Crippen LogP contribution >= 0.6 is 0 Å². The average Bonchev–Trinajstić information content (AvgIpc) is 2.45. The quantitative estimate of drug-likeness (QED) is 0.509. The van der Waals surface area contributed by atoms with Crippen molar-refractivity contribution in [3.05, 3.63) is 0 Å². The summed E-state index contributed by atoms with van der Waals surface area (Å²) in [5.74, 6) is 0.435. The number of carbonyl (C=O) groups excluding carboxylic acids is 1. The van der Waals surface area contributed by atoms with Gasteiger partial charge in [0.1, 0.15) is 0 Å². The van der Waals surface area contributed by atoms with Gasteiger partial charge < -0.3 is 5.32 Å². The molecule has 2 aliphatic rings. The molecule has 0 aromatic carbocycles. The minimum absolute atomic E-state index is 0.00521. The first-order valence-electron chi connectivity index (χ1n) is 4.16. The fourth-order valence-electron chi connectivity index (χ4n) is 2.19. The maximum atomic E-state index is 11.5. The van der Waals surface area contributed by atoms with Gasteiger partial charge in [0.05, 0.1) is 12.0 Å². The number of Topliss-reactive ketones (excluding diaryl/α,β-unsaturated/α-hetero) is 1. The normalized spacial score (nSPS) is 39.2. The summed E-state index contributed by atoms with van der Waals surface area (Å²) in [7, 11) is 2.02. The van der Waals surface area contributed by atoms with E-state index >= 15 is 0 Å². The largest absolute Gasteiger partial charge is 0.316 e. The number of hydrogen-bond donors (Lipinski definition) is 1. The van der Waals surface area contributed by atoms with E-state index in [1.54, 1.807) is 0 Å². The lowest BCUT2D eigenvalue weighted by atomic mass is 9.85. The molecule has 62 valence electrons. The molecule has 2 heterocycles. The van der Waals surface area contributed by atoms with Gasteiger partial charge in [-0.05, 0) is 20.0 Å². The lowest BCUT2D eigenvalue weighted by molar-refractivity contribution is -0.123. The van der Waals surface area contributed by atoms with E-state index in [2.05, 4.69) is 10.2 Å². The Balaban J connectivity index is 2.18. The Hall–Kier alpha value is -0.410. The smallest absolute Gasteiger partial charge is 0.155 e. The number of nitrogens with one attached hydrogen (secondary N) is 1. The summed E-state index contributed by atoms with van der Waals surface area (Å²) < 4.78 is 0. The van der Waals surface area contributed by atoms with Crippen LogP contribution in [0.15, 0.2) is 0 Å². The summed E-state index contributed by atoms with van der Waals surface area (Å²) in [5.41, 5.74) is -0.00521. The van der Waals surface area contributed by atoms with Crippen molar-refractivity contribution in [2.24, 2.45) is 5.41 Å². The van der Waals surface area contributed by atoms with Gasteiger partial charge in [0.2, 0.25) is 0 Å². The van der Waals surface area contributed by atoms with Gasteiger partial charge in [0.15, 0.2) is 5.78 Å². The van der Waals surface area contributed by atoms with E-state index in [0.717, 1.165) is 26.1 Å². The Morgan fingerprint density at radius 2 is 2.45 bits per heavy atom. The van der Waals surface area contributed by atoms with Crippen molar-refractivity contribution >= 4 is 5.78 Å². The highest BCUT2D eigenvalue weighted by molar-refractivity contribution is 5.89. The minimum Gasteiger partial charge on any atom is -0.316 e. The Kier molecular flexibility index (Phi) is 1.51. The Morgan fingerprint density at radius 3 is 2.91 bits per heavy atom. The fraction of sp³-hybridized carbons (Fsp3) is 0.875. The summed E-state index contributed by atoms with van der Waals surface area (Å²) >= 11 is 0. The number of likely N-dealkylation sites (N-methyl/N-ethyl adjacent to an activating group) is 1. The van der Waals surface area contributed by atoms with Gasteiger partial charge in [-0.15, -0.1) is 0 Å². The molecule has 3 heteroatoms. The van der Waals surface area contributed by atoms with Crippen LogP contribution < -0.4 is 5.32 Å². The van der Waals surface area contributed by atoms with Crippen LogP contribution in [0.5, 0.6) is 0 Å². The van der Waals surface area contributed by atoms with Crippen LogP contribution in [0.2, 0.25) is 0 Å². The molecule has 2 aliphatic heterocycles. The van der Waals surface area contributed by atoms with Crippen LogP contribution in [-0.2, 0) is 4.79 Å². The molecule has 0 bridgehead atoms. The molecule has 1 spiro atoms. The standard InChI is InChI=1S/C8H14N2O/c1-10-4-7(11)8(6-10)2-3-9-5-8/h9H,2-6H2,1H3. The molecule has 2 saturated heterocycles. The molecule has 0 aromatic heterocycles. The van der Waals surface area contributed by atoms with Crippen LogP contribution in [0.3, 0.4) is 0 Å². The second-order valence-corrected chi connectivity index (χ2v) is 3.80. The molecule has 11 heavy (non-hydrogen) atoms. The summed E-state index contributed by atoms with van der Waals surface area (Å²) in [6, 6.07) is 0. The van der Waals surface area contributed by atoms with Crippen LogP contribution in [0, 0.1) is 5.41 Å². The van der Waals surface area contributed by atoms with Gasteiger partial charge in [0.25, 0.3) is 0 Å². The van der Waals surface area contributed by atoms with Crippen LogP contribution in [0.25, 0.3) is 0 Å². The average molecular weight is 154 g/mol. The van der Waals surface area contributed by atoms with Crippen molar-refractivity contribution in [2.45, 2.75) is 6.42 Å². The van der Waals surface area contributed by atoms with E-state index in [9.17, 15) is 4.79 Å². The Bertz CT molecular complexity index is 185. The summed E-state index contributed by atoms with van der Waals surface area (Å²) in [4.78, 5) is 13.6. The van der Waals surface area contributed by atoms with Gasteiger partial charge in [-0.1, -0.05) is 0 Å². The molecule has 1 unspecified atom stereocenters. The Labute approximate surface area is 66.8 Å². The van der Waals surface area contributed by atoms with Crippen molar-refractivity contribution in [2.75, 3.05) is 33.2 Å². The molecule has 0 radical (unpaired) electrons. The first kappa shape index (κ1) is 7.25. The van der Waals surface area contributed by atoms with Crippen molar-refractivity contribution in [3.8, 4) is 0 Å². The van der Waals surface area contributed by atoms with Gasteiger partial charge in [0, 0.05) is 13.1 Å². The molecule has 0 saturated carbocycles. The third-order valence-electron chi connectivity index (χ3n) is 2.82. The zero-order valence-corrected chi connectivity index (χ0v) is 6.89. The zero-order valence-electron chi connectivity index (χ0n) is 6.89. The van der Waals surface area contributed by atoms with E-state index in [-0.39, 0.29) is 5.41 Å². The lowest BCUT2D eigenvalue weighted by Gasteiger charge is -2.18. The topological polar surface area (TPSA) is 32.3 Å². The van der Waals surface area contributed by atoms with Crippen LogP contribution in [0.4, 0.5) is 0 Å². The number of hydrogen-bond acceptors (Lipinski definition) is 3. The molecule has 1 atom stereocenters. The first-order valence-corrected chi connectivity index (χ1v) is 4.16. The number of nitrogens with zero attached hydrogens (tertiary/aromatic N) is 1. The van der Waals surface area contributed by atoms with Gasteiger partial charge in [-0.3, -0.25) is 9.69 Å². The molecule has 0 aromatic rings. The predicted octanol–water partition coefficient (Wildman–Crippen LogP) is -0.519.